The summed E-state index contributed by atoms with van der Waals surface area (Å²) >= 11 is 5.75. The summed E-state index contributed by atoms with van der Waals surface area (Å²) in [6.45, 7) is 0. The Bertz CT molecular complexity index is 325. The molecular weight excluding hydrogens is 220 g/mol. The average molecular weight is 233 g/mol. The predicted octanol–water partition coefficient (Wildman–Crippen LogP) is 1.70. The van der Waals surface area contributed by atoms with Crippen molar-refractivity contribution >= 4 is 11.6 Å². The highest BCUT2D eigenvalue weighted by Crippen LogP contribution is 2.30. The van der Waals surface area contributed by atoms with Gasteiger partial charge in [0.2, 0.25) is 0 Å². The van der Waals surface area contributed by atoms with Gasteiger partial charge in [-0.15, -0.1) is 0 Å². The molecule has 0 fully saturated rings. The molecule has 15 heavy (non-hydrogen) atoms. The van der Waals surface area contributed by atoms with Crippen LogP contribution in [0, 0.1) is 0 Å². The van der Waals surface area contributed by atoms with Gasteiger partial charge in [0, 0.05) is 24.8 Å². The minimum atomic E-state index is -1.08. The second-order valence-corrected chi connectivity index (χ2v) is 3.42. The highest BCUT2D eigenvalue weighted by Gasteiger charge is 2.22. The normalized spacial score (nSPS) is 13.1. The first-order chi connectivity index (χ1) is 7.10. The van der Waals surface area contributed by atoms with Crippen molar-refractivity contribution in [3.8, 4) is 5.75 Å². The Hall–Kier alpha value is -0.810. The van der Waals surface area contributed by atoms with Gasteiger partial charge in [-0.2, -0.15) is 0 Å². The minimum Gasteiger partial charge on any atom is -0.508 e. The van der Waals surface area contributed by atoms with Crippen LogP contribution in [0.2, 0.25) is 5.02 Å². The highest BCUT2D eigenvalue weighted by atomic mass is 35.5. The number of aliphatic hydroxyl groups is 1. The summed E-state index contributed by atoms with van der Waals surface area (Å²) in [5, 5.41) is 19.8. The van der Waals surface area contributed by atoms with Crippen molar-refractivity contribution < 1.29 is 19.7 Å². The molecule has 0 aromatic heterocycles. The van der Waals surface area contributed by atoms with Gasteiger partial charge in [0.05, 0.1) is 0 Å². The van der Waals surface area contributed by atoms with E-state index >= 15 is 0 Å². The third-order valence-corrected chi connectivity index (χ3v) is 2.27. The molecule has 1 aromatic rings. The summed E-state index contributed by atoms with van der Waals surface area (Å²) in [4.78, 5) is 0. The molecule has 0 spiro atoms. The van der Waals surface area contributed by atoms with Crippen molar-refractivity contribution in [2.75, 3.05) is 14.2 Å². The van der Waals surface area contributed by atoms with Crippen molar-refractivity contribution in [2.45, 2.75) is 12.4 Å². The van der Waals surface area contributed by atoms with Crippen molar-refractivity contribution in [1.29, 1.82) is 0 Å². The second-order valence-electron chi connectivity index (χ2n) is 2.99. The molecule has 0 aliphatic heterocycles. The van der Waals surface area contributed by atoms with E-state index in [1.165, 1.54) is 32.4 Å². The van der Waals surface area contributed by atoms with Gasteiger partial charge in [-0.1, -0.05) is 11.6 Å². The Labute approximate surface area is 93.0 Å². The minimum absolute atomic E-state index is 0.0500. The third kappa shape index (κ3) is 2.82. The van der Waals surface area contributed by atoms with Gasteiger partial charge < -0.3 is 19.7 Å². The Morgan fingerprint density at radius 1 is 1.27 bits per heavy atom. The maximum absolute atomic E-state index is 9.82. The lowest BCUT2D eigenvalue weighted by atomic mass is 10.1. The van der Waals surface area contributed by atoms with Gasteiger partial charge >= 0.3 is 0 Å². The van der Waals surface area contributed by atoms with Crippen LogP contribution in [0.5, 0.6) is 5.75 Å². The Kier molecular flexibility index (Phi) is 4.35. The number of phenols is 1. The van der Waals surface area contributed by atoms with Crippen LogP contribution in [-0.2, 0) is 9.47 Å². The summed E-state index contributed by atoms with van der Waals surface area (Å²) < 4.78 is 9.77. The van der Waals surface area contributed by atoms with Crippen molar-refractivity contribution in [2.24, 2.45) is 0 Å². The number of benzene rings is 1. The number of aromatic hydroxyl groups is 1. The van der Waals surface area contributed by atoms with Gasteiger partial charge in [0.15, 0.2) is 6.29 Å². The van der Waals surface area contributed by atoms with E-state index in [-0.39, 0.29) is 11.3 Å². The second kappa shape index (κ2) is 5.32. The van der Waals surface area contributed by atoms with E-state index in [1.807, 2.05) is 0 Å². The largest absolute Gasteiger partial charge is 0.508 e. The lowest BCUT2D eigenvalue weighted by Crippen LogP contribution is -2.22. The molecule has 0 saturated heterocycles. The van der Waals surface area contributed by atoms with Gasteiger partial charge in [-0.3, -0.25) is 0 Å². The number of methoxy groups -OCH3 is 2. The summed E-state index contributed by atoms with van der Waals surface area (Å²) in [5.74, 6) is -0.0500. The van der Waals surface area contributed by atoms with Gasteiger partial charge in [-0.05, 0) is 18.2 Å². The molecule has 1 unspecified atom stereocenters. The van der Waals surface area contributed by atoms with Crippen LogP contribution in [0.15, 0.2) is 18.2 Å². The van der Waals surface area contributed by atoms with Crippen LogP contribution in [0.25, 0.3) is 0 Å². The van der Waals surface area contributed by atoms with Crippen LogP contribution in [0.4, 0.5) is 0 Å². The number of hydrogen-bond donors (Lipinski definition) is 2. The Morgan fingerprint density at radius 2 is 1.87 bits per heavy atom. The van der Waals surface area contributed by atoms with E-state index in [4.69, 9.17) is 21.1 Å². The molecule has 1 atom stereocenters. The summed E-state index contributed by atoms with van der Waals surface area (Å²) in [6, 6.07) is 4.40. The molecule has 0 saturated carbocycles. The summed E-state index contributed by atoms with van der Waals surface area (Å²) in [5.41, 5.74) is 0.274. The number of phenolic OH excluding ortho intramolecular Hbond substituents is 1. The van der Waals surface area contributed by atoms with Crippen LogP contribution in [0.1, 0.15) is 11.7 Å². The predicted molar refractivity (Wildman–Crippen MR) is 55.9 cm³/mol. The van der Waals surface area contributed by atoms with Crippen molar-refractivity contribution in [1.82, 2.24) is 0 Å². The molecule has 4 nitrogen and oxygen atoms in total. The maximum atomic E-state index is 9.82. The molecule has 0 heterocycles. The monoisotopic (exact) mass is 232 g/mol. The van der Waals surface area contributed by atoms with Gasteiger partial charge in [0.25, 0.3) is 0 Å². The van der Waals surface area contributed by atoms with Crippen LogP contribution in [-0.4, -0.2) is 30.7 Å². The molecule has 0 bridgehead atoms. The number of aliphatic hydroxyl groups excluding tert-OH is 1. The fourth-order valence-corrected chi connectivity index (χ4v) is 1.44. The standard InChI is InChI=1S/C10H13ClO4/c1-14-10(15-2)9(13)7-5-6(11)3-4-8(7)12/h3-5,9-10,12-13H,1-2H3. The van der Waals surface area contributed by atoms with E-state index in [1.54, 1.807) is 0 Å². The molecular formula is C10H13ClO4. The van der Waals surface area contributed by atoms with Crippen molar-refractivity contribution in [3.05, 3.63) is 28.8 Å². The maximum Gasteiger partial charge on any atom is 0.187 e. The molecule has 1 rings (SSSR count). The Morgan fingerprint density at radius 3 is 2.40 bits per heavy atom. The number of ether oxygens (including phenoxy) is 2. The molecule has 5 heteroatoms. The first-order valence-corrected chi connectivity index (χ1v) is 4.70. The lowest BCUT2D eigenvalue weighted by molar-refractivity contribution is -0.166. The molecule has 2 N–H and O–H groups in total. The quantitative estimate of drug-likeness (QED) is 0.776. The zero-order chi connectivity index (χ0) is 11.4. The summed E-state index contributed by atoms with van der Waals surface area (Å²) in [6.07, 6.45) is -1.92. The topological polar surface area (TPSA) is 58.9 Å². The average Bonchev–Trinajstić information content (AvgIpc) is 2.23. The SMILES string of the molecule is COC(OC)C(O)c1cc(Cl)ccc1O. The first kappa shape index (κ1) is 12.3. The molecule has 0 amide bonds. The molecule has 84 valence electrons. The summed E-state index contributed by atoms with van der Waals surface area (Å²) in [7, 11) is 2.80. The molecule has 0 aliphatic rings. The molecule has 0 aliphatic carbocycles. The smallest absolute Gasteiger partial charge is 0.187 e. The highest BCUT2D eigenvalue weighted by molar-refractivity contribution is 6.30. The third-order valence-electron chi connectivity index (χ3n) is 2.03. The van der Waals surface area contributed by atoms with E-state index in [0.717, 1.165) is 0 Å². The van der Waals surface area contributed by atoms with Crippen LogP contribution >= 0.6 is 11.6 Å². The van der Waals surface area contributed by atoms with E-state index in [0.29, 0.717) is 5.02 Å². The molecule has 1 aromatic carbocycles. The zero-order valence-electron chi connectivity index (χ0n) is 8.48. The zero-order valence-corrected chi connectivity index (χ0v) is 9.23. The Balaban J connectivity index is 2.98. The fraction of sp³-hybridized carbons (Fsp3) is 0.400. The van der Waals surface area contributed by atoms with Crippen LogP contribution in [0.3, 0.4) is 0 Å². The van der Waals surface area contributed by atoms with Gasteiger partial charge in [-0.25, -0.2) is 0 Å². The molecule has 0 radical (unpaired) electrons. The van der Waals surface area contributed by atoms with Crippen LogP contribution < -0.4 is 0 Å². The van der Waals surface area contributed by atoms with Gasteiger partial charge in [0.1, 0.15) is 11.9 Å². The van der Waals surface area contributed by atoms with Crippen molar-refractivity contribution in [3.63, 3.8) is 0 Å². The first-order valence-electron chi connectivity index (χ1n) is 4.32. The number of rotatable bonds is 4. The number of halogens is 1. The van der Waals surface area contributed by atoms with E-state index < -0.39 is 12.4 Å². The van der Waals surface area contributed by atoms with E-state index in [9.17, 15) is 10.2 Å². The number of hydrogen-bond acceptors (Lipinski definition) is 4. The fourth-order valence-electron chi connectivity index (χ4n) is 1.26. The lowest BCUT2D eigenvalue weighted by Gasteiger charge is -2.20. The van der Waals surface area contributed by atoms with E-state index in [2.05, 4.69) is 0 Å².